The number of urea groups is 1. The van der Waals surface area contributed by atoms with Crippen molar-refractivity contribution in [2.75, 3.05) is 24.5 Å². The smallest absolute Gasteiger partial charge is 0.315 e. The van der Waals surface area contributed by atoms with Crippen molar-refractivity contribution in [3.8, 4) is 0 Å². The molecule has 8 nitrogen and oxygen atoms in total. The molecule has 1 unspecified atom stereocenters. The second kappa shape index (κ2) is 8.32. The first kappa shape index (κ1) is 19.0. The van der Waals surface area contributed by atoms with E-state index in [-0.39, 0.29) is 6.03 Å². The van der Waals surface area contributed by atoms with Gasteiger partial charge in [-0.3, -0.25) is 0 Å². The van der Waals surface area contributed by atoms with E-state index >= 15 is 0 Å². The van der Waals surface area contributed by atoms with Gasteiger partial charge in [0.1, 0.15) is 12.1 Å². The lowest BCUT2D eigenvalue weighted by Gasteiger charge is -2.40. The van der Waals surface area contributed by atoms with Crippen LogP contribution in [0.3, 0.4) is 0 Å². The summed E-state index contributed by atoms with van der Waals surface area (Å²) in [7, 11) is 0. The monoisotopic (exact) mass is 385 g/mol. The highest BCUT2D eigenvalue weighted by atomic mass is 16.2. The quantitative estimate of drug-likeness (QED) is 0.873. The number of nitrogens with zero attached hydrogens (tertiary/aromatic N) is 6. The Morgan fingerprint density at radius 1 is 1.18 bits per heavy atom. The first-order chi connectivity index (χ1) is 13.7. The molecule has 0 aromatic carbocycles. The van der Waals surface area contributed by atoms with Gasteiger partial charge in [-0.1, -0.05) is 26.2 Å². The average Bonchev–Trinajstić information content (AvgIpc) is 3.03. The molecule has 2 fully saturated rings. The number of nitrogens with two attached hydrogens (primary N) is 1. The number of aromatic nitrogens is 4. The minimum Gasteiger partial charge on any atom is -0.356 e. The summed E-state index contributed by atoms with van der Waals surface area (Å²) in [4.78, 5) is 25.2. The number of hydrogen-bond donors (Lipinski definition) is 1. The van der Waals surface area contributed by atoms with Gasteiger partial charge in [-0.25, -0.2) is 9.78 Å². The summed E-state index contributed by atoms with van der Waals surface area (Å²) in [6, 6.07) is 2.20. The van der Waals surface area contributed by atoms with Crippen LogP contribution in [0.2, 0.25) is 0 Å². The fourth-order valence-corrected chi connectivity index (χ4v) is 4.86. The molecule has 1 atom stereocenters. The van der Waals surface area contributed by atoms with Crippen LogP contribution >= 0.6 is 0 Å². The molecular weight excluding hydrogens is 354 g/mol. The van der Waals surface area contributed by atoms with Gasteiger partial charge in [-0.05, 0) is 38.0 Å². The van der Waals surface area contributed by atoms with Gasteiger partial charge in [-0.15, -0.1) is 0 Å². The maximum atomic E-state index is 12.0. The van der Waals surface area contributed by atoms with Crippen LogP contribution in [-0.4, -0.2) is 56.2 Å². The maximum absolute atomic E-state index is 12.0. The summed E-state index contributed by atoms with van der Waals surface area (Å²) in [6.07, 6.45) is 10.2. The number of carbonyl (C=O) groups is 1. The average molecular weight is 386 g/mol. The van der Waals surface area contributed by atoms with Crippen LogP contribution in [0.25, 0.3) is 5.78 Å². The molecule has 2 amide bonds. The van der Waals surface area contributed by atoms with E-state index in [4.69, 9.17) is 5.73 Å². The molecule has 2 N–H and O–H groups in total. The molecule has 2 aliphatic rings. The summed E-state index contributed by atoms with van der Waals surface area (Å²) >= 11 is 0. The van der Waals surface area contributed by atoms with Gasteiger partial charge in [-0.2, -0.15) is 14.6 Å². The molecule has 28 heavy (non-hydrogen) atoms. The van der Waals surface area contributed by atoms with Crippen molar-refractivity contribution < 1.29 is 4.79 Å². The predicted octanol–water partition coefficient (Wildman–Crippen LogP) is 2.62. The first-order valence-electron chi connectivity index (χ1n) is 10.7. The van der Waals surface area contributed by atoms with E-state index in [1.807, 2.05) is 9.42 Å². The second-order valence-electron chi connectivity index (χ2n) is 8.10. The third-order valence-electron chi connectivity index (χ3n) is 6.28. The lowest BCUT2D eigenvalue weighted by Crippen LogP contribution is -2.49. The van der Waals surface area contributed by atoms with E-state index in [1.54, 1.807) is 6.33 Å². The molecule has 4 rings (SSSR count). The normalized spacial score (nSPS) is 21.8. The van der Waals surface area contributed by atoms with Gasteiger partial charge in [0.15, 0.2) is 0 Å². The van der Waals surface area contributed by atoms with Crippen molar-refractivity contribution in [1.82, 2.24) is 24.5 Å². The SMILES string of the molecule is CCCc1cc(N2CCC(C3CCCCCN3C(N)=O)CC2)n2ncnc2n1. The Balaban J connectivity index is 1.50. The minimum absolute atomic E-state index is 0.253. The molecule has 4 heterocycles. The van der Waals surface area contributed by atoms with Gasteiger partial charge in [0, 0.05) is 37.4 Å². The van der Waals surface area contributed by atoms with Gasteiger partial charge in [0.25, 0.3) is 5.78 Å². The topological polar surface area (TPSA) is 92.7 Å². The van der Waals surface area contributed by atoms with E-state index in [0.717, 1.165) is 69.7 Å². The van der Waals surface area contributed by atoms with Crippen LogP contribution in [0, 0.1) is 5.92 Å². The molecular formula is C20H31N7O. The summed E-state index contributed by atoms with van der Waals surface area (Å²) in [5.74, 6) is 2.27. The van der Waals surface area contributed by atoms with Crippen molar-refractivity contribution >= 4 is 17.6 Å². The number of fused-ring (bicyclic) bond motifs is 1. The molecule has 2 aromatic rings. The first-order valence-corrected chi connectivity index (χ1v) is 10.7. The number of amides is 2. The molecule has 2 saturated heterocycles. The number of primary amides is 1. The van der Waals surface area contributed by atoms with E-state index in [0.29, 0.717) is 17.7 Å². The predicted molar refractivity (Wildman–Crippen MR) is 108 cm³/mol. The van der Waals surface area contributed by atoms with Gasteiger partial charge < -0.3 is 15.5 Å². The maximum Gasteiger partial charge on any atom is 0.315 e. The number of hydrogen-bond acceptors (Lipinski definition) is 5. The summed E-state index contributed by atoms with van der Waals surface area (Å²) in [6.45, 7) is 4.89. The molecule has 0 spiro atoms. The van der Waals surface area contributed by atoms with Crippen molar-refractivity contribution in [1.29, 1.82) is 0 Å². The van der Waals surface area contributed by atoms with Gasteiger partial charge in [0.2, 0.25) is 0 Å². The van der Waals surface area contributed by atoms with Crippen LogP contribution in [0.5, 0.6) is 0 Å². The highest BCUT2D eigenvalue weighted by Gasteiger charge is 2.33. The number of aryl methyl sites for hydroxylation is 1. The van der Waals surface area contributed by atoms with Crippen molar-refractivity contribution in [2.24, 2.45) is 11.7 Å². The van der Waals surface area contributed by atoms with E-state index in [2.05, 4.69) is 33.0 Å². The van der Waals surface area contributed by atoms with E-state index in [9.17, 15) is 4.79 Å². The molecule has 0 saturated carbocycles. The molecule has 2 aromatic heterocycles. The van der Waals surface area contributed by atoms with Crippen LogP contribution in [0.15, 0.2) is 12.4 Å². The van der Waals surface area contributed by atoms with E-state index < -0.39 is 0 Å². The fraction of sp³-hybridized carbons (Fsp3) is 0.700. The number of likely N-dealkylation sites (tertiary alicyclic amines) is 1. The summed E-state index contributed by atoms with van der Waals surface area (Å²) in [5.41, 5.74) is 6.77. The van der Waals surface area contributed by atoms with Crippen molar-refractivity contribution in [2.45, 2.75) is 64.3 Å². The van der Waals surface area contributed by atoms with Gasteiger partial charge >= 0.3 is 6.03 Å². The number of carbonyl (C=O) groups excluding carboxylic acids is 1. The highest BCUT2D eigenvalue weighted by Crippen LogP contribution is 2.31. The van der Waals surface area contributed by atoms with Crippen LogP contribution < -0.4 is 10.6 Å². The van der Waals surface area contributed by atoms with Crippen molar-refractivity contribution in [3.63, 3.8) is 0 Å². The third-order valence-corrected chi connectivity index (χ3v) is 6.28. The standard InChI is InChI=1S/C20H31N7O/c1-2-6-16-13-18(27-20(24-16)22-14-23-27)25-11-8-15(9-12-25)17-7-4-3-5-10-26(17)19(21)28/h13-15,17H,2-12H2,1H3,(H2,21,28). The van der Waals surface area contributed by atoms with Crippen LogP contribution in [0.4, 0.5) is 10.6 Å². The molecule has 8 heteroatoms. The number of anilines is 1. The zero-order valence-electron chi connectivity index (χ0n) is 16.8. The molecule has 2 aliphatic heterocycles. The lowest BCUT2D eigenvalue weighted by molar-refractivity contribution is 0.143. The molecule has 152 valence electrons. The second-order valence-corrected chi connectivity index (χ2v) is 8.10. The summed E-state index contributed by atoms with van der Waals surface area (Å²) < 4.78 is 1.85. The highest BCUT2D eigenvalue weighted by molar-refractivity contribution is 5.72. The van der Waals surface area contributed by atoms with Gasteiger partial charge in [0.05, 0.1) is 0 Å². The lowest BCUT2D eigenvalue weighted by atomic mass is 9.86. The Labute approximate surface area is 166 Å². The molecule has 0 radical (unpaired) electrons. The Hall–Kier alpha value is -2.38. The zero-order valence-corrected chi connectivity index (χ0v) is 16.8. The third kappa shape index (κ3) is 3.77. The zero-order chi connectivity index (χ0) is 19.5. The number of piperidine rings is 1. The van der Waals surface area contributed by atoms with Crippen molar-refractivity contribution in [3.05, 3.63) is 18.1 Å². The Bertz CT molecular complexity index is 812. The molecule has 0 aliphatic carbocycles. The van der Waals surface area contributed by atoms with Crippen LogP contribution in [0.1, 0.15) is 57.6 Å². The van der Waals surface area contributed by atoms with Crippen LogP contribution in [-0.2, 0) is 6.42 Å². The largest absolute Gasteiger partial charge is 0.356 e. The fourth-order valence-electron chi connectivity index (χ4n) is 4.86. The van der Waals surface area contributed by atoms with E-state index in [1.165, 1.54) is 12.8 Å². The minimum atomic E-state index is -0.253. The molecule has 0 bridgehead atoms. The summed E-state index contributed by atoms with van der Waals surface area (Å²) in [5, 5.41) is 4.38. The Morgan fingerprint density at radius 3 is 2.75 bits per heavy atom. The number of rotatable bonds is 4. The Kier molecular flexibility index (Phi) is 5.64. The Morgan fingerprint density at radius 2 is 2.00 bits per heavy atom.